The van der Waals surface area contributed by atoms with E-state index >= 15 is 0 Å². The lowest BCUT2D eigenvalue weighted by Gasteiger charge is -2.03. The van der Waals surface area contributed by atoms with E-state index in [0.29, 0.717) is 11.3 Å². The molecule has 0 saturated heterocycles. The number of aromatic nitrogens is 4. The van der Waals surface area contributed by atoms with Crippen molar-refractivity contribution in [1.82, 2.24) is 20.2 Å². The van der Waals surface area contributed by atoms with E-state index in [1.54, 1.807) is 24.4 Å². The van der Waals surface area contributed by atoms with E-state index in [4.69, 9.17) is 0 Å². The Morgan fingerprint density at radius 3 is 2.57 bits per heavy atom. The molecular weight excluding hydrogens is 274 g/mol. The van der Waals surface area contributed by atoms with Crippen LogP contribution >= 0.6 is 0 Å². The summed E-state index contributed by atoms with van der Waals surface area (Å²) in [5, 5.41) is 6.48. The van der Waals surface area contributed by atoms with Gasteiger partial charge in [-0.2, -0.15) is 5.10 Å². The first-order valence-corrected chi connectivity index (χ1v) is 6.17. The smallest absolute Gasteiger partial charge is 0.135 e. The molecule has 0 aliphatic rings. The van der Waals surface area contributed by atoms with E-state index in [2.05, 4.69) is 20.2 Å². The minimum absolute atomic E-state index is 0.127. The van der Waals surface area contributed by atoms with E-state index in [9.17, 15) is 8.78 Å². The molecule has 3 rings (SSSR count). The van der Waals surface area contributed by atoms with Crippen LogP contribution in [-0.4, -0.2) is 20.2 Å². The number of benzene rings is 1. The number of H-pyrrole nitrogens is 1. The Kier molecular flexibility index (Phi) is 3.51. The van der Waals surface area contributed by atoms with Crippen LogP contribution in [0.2, 0.25) is 0 Å². The second-order valence-electron chi connectivity index (χ2n) is 4.26. The zero-order valence-electron chi connectivity index (χ0n) is 10.8. The highest BCUT2D eigenvalue weighted by atomic mass is 19.1. The van der Waals surface area contributed by atoms with Crippen molar-refractivity contribution in [2.45, 2.75) is 0 Å². The van der Waals surface area contributed by atoms with Gasteiger partial charge in [0.05, 0.1) is 23.1 Å². The molecule has 1 N–H and O–H groups in total. The van der Waals surface area contributed by atoms with Crippen molar-refractivity contribution in [1.29, 1.82) is 0 Å². The summed E-state index contributed by atoms with van der Waals surface area (Å²) in [5.74, 6) is -1.29. The lowest BCUT2D eigenvalue weighted by molar-refractivity contribution is 0.588. The van der Waals surface area contributed by atoms with Crippen LogP contribution in [0.5, 0.6) is 0 Å². The standard InChI is InChI=1S/C15H10F2N4/c16-12-2-1-3-13(17)14(12)15-10(8-20-21-15)4-5-11-6-7-18-9-19-11/h1-9H,(H,20,21)/b5-4+. The fraction of sp³-hybridized carbons (Fsp3) is 0. The maximum Gasteiger partial charge on any atom is 0.135 e. The van der Waals surface area contributed by atoms with Crippen LogP contribution in [0.1, 0.15) is 11.3 Å². The van der Waals surface area contributed by atoms with Gasteiger partial charge in [0, 0.05) is 11.8 Å². The minimum Gasteiger partial charge on any atom is -0.277 e. The summed E-state index contributed by atoms with van der Waals surface area (Å²) < 4.78 is 27.6. The number of halogens is 2. The van der Waals surface area contributed by atoms with Gasteiger partial charge in [-0.25, -0.2) is 18.7 Å². The van der Waals surface area contributed by atoms with Gasteiger partial charge in [-0.3, -0.25) is 5.10 Å². The highest BCUT2D eigenvalue weighted by molar-refractivity contribution is 5.78. The van der Waals surface area contributed by atoms with Gasteiger partial charge in [-0.05, 0) is 30.4 Å². The summed E-state index contributed by atoms with van der Waals surface area (Å²) in [6.07, 6.45) is 7.94. The van der Waals surface area contributed by atoms with Crippen molar-refractivity contribution in [2.24, 2.45) is 0 Å². The largest absolute Gasteiger partial charge is 0.277 e. The van der Waals surface area contributed by atoms with Gasteiger partial charge < -0.3 is 0 Å². The SMILES string of the molecule is Fc1cccc(F)c1-c1[nH]ncc1/C=C/c1ccncn1. The second kappa shape index (κ2) is 5.62. The van der Waals surface area contributed by atoms with Crippen LogP contribution in [0.15, 0.2) is 43.0 Å². The lowest BCUT2D eigenvalue weighted by Crippen LogP contribution is -1.91. The quantitative estimate of drug-likeness (QED) is 0.802. The van der Waals surface area contributed by atoms with Crippen LogP contribution in [0.4, 0.5) is 8.78 Å². The van der Waals surface area contributed by atoms with E-state index < -0.39 is 11.6 Å². The molecule has 0 aliphatic carbocycles. The molecule has 6 heteroatoms. The molecule has 1 aromatic carbocycles. The number of hydrogen-bond acceptors (Lipinski definition) is 3. The molecule has 4 nitrogen and oxygen atoms in total. The lowest BCUT2D eigenvalue weighted by atomic mass is 10.1. The van der Waals surface area contributed by atoms with Gasteiger partial charge in [0.2, 0.25) is 0 Å². The first kappa shape index (κ1) is 13.1. The molecule has 0 spiro atoms. The normalized spacial score (nSPS) is 11.1. The molecule has 0 atom stereocenters. The number of aromatic amines is 1. The fourth-order valence-corrected chi connectivity index (χ4v) is 1.93. The predicted molar refractivity (Wildman–Crippen MR) is 74.9 cm³/mol. The van der Waals surface area contributed by atoms with Gasteiger partial charge in [-0.15, -0.1) is 0 Å². The first-order valence-electron chi connectivity index (χ1n) is 6.17. The van der Waals surface area contributed by atoms with Crippen molar-refractivity contribution in [2.75, 3.05) is 0 Å². The van der Waals surface area contributed by atoms with Gasteiger partial charge in [0.1, 0.15) is 18.0 Å². The van der Waals surface area contributed by atoms with Crippen LogP contribution in [0.25, 0.3) is 23.4 Å². The summed E-state index contributed by atoms with van der Waals surface area (Å²) in [6.45, 7) is 0. The van der Waals surface area contributed by atoms with E-state index in [-0.39, 0.29) is 11.3 Å². The summed E-state index contributed by atoms with van der Waals surface area (Å²) in [6, 6.07) is 5.45. The molecule has 0 unspecified atom stereocenters. The van der Waals surface area contributed by atoms with Gasteiger partial charge in [0.15, 0.2) is 0 Å². The molecule has 21 heavy (non-hydrogen) atoms. The summed E-state index contributed by atoms with van der Waals surface area (Å²) in [5.41, 5.74) is 1.41. The van der Waals surface area contributed by atoms with E-state index in [1.807, 2.05) is 0 Å². The van der Waals surface area contributed by atoms with Gasteiger partial charge in [0.25, 0.3) is 0 Å². The second-order valence-corrected chi connectivity index (χ2v) is 4.26. The Hall–Kier alpha value is -2.89. The molecular formula is C15H10F2N4. The molecule has 0 amide bonds. The average Bonchev–Trinajstić information content (AvgIpc) is 2.94. The van der Waals surface area contributed by atoms with E-state index in [1.165, 1.54) is 30.7 Å². The number of nitrogens with zero attached hydrogens (tertiary/aromatic N) is 3. The third kappa shape index (κ3) is 2.69. The predicted octanol–water partition coefficient (Wildman–Crippen LogP) is 3.32. The molecule has 0 saturated carbocycles. The maximum absolute atomic E-state index is 13.8. The van der Waals surface area contributed by atoms with E-state index in [0.717, 1.165) is 0 Å². The number of hydrogen-bond donors (Lipinski definition) is 1. The molecule has 0 bridgehead atoms. The highest BCUT2D eigenvalue weighted by Crippen LogP contribution is 2.27. The summed E-state index contributed by atoms with van der Waals surface area (Å²) in [7, 11) is 0. The maximum atomic E-state index is 13.8. The van der Waals surface area contributed by atoms with Crippen LogP contribution < -0.4 is 0 Å². The Morgan fingerprint density at radius 1 is 1.05 bits per heavy atom. The molecule has 0 fully saturated rings. The van der Waals surface area contributed by atoms with Crippen molar-refractivity contribution in [3.05, 3.63) is 65.9 Å². The number of nitrogens with one attached hydrogen (secondary N) is 1. The Balaban J connectivity index is 2.00. The zero-order valence-corrected chi connectivity index (χ0v) is 10.8. The third-order valence-corrected chi connectivity index (χ3v) is 2.92. The molecule has 0 radical (unpaired) electrons. The minimum atomic E-state index is -0.643. The molecule has 0 aliphatic heterocycles. The topological polar surface area (TPSA) is 54.5 Å². The zero-order chi connectivity index (χ0) is 14.7. The third-order valence-electron chi connectivity index (χ3n) is 2.92. The van der Waals surface area contributed by atoms with Crippen LogP contribution in [-0.2, 0) is 0 Å². The van der Waals surface area contributed by atoms with Crippen molar-refractivity contribution in [3.63, 3.8) is 0 Å². The van der Waals surface area contributed by atoms with Crippen molar-refractivity contribution < 1.29 is 8.78 Å². The average molecular weight is 284 g/mol. The van der Waals surface area contributed by atoms with Crippen LogP contribution in [0.3, 0.4) is 0 Å². The Labute approximate surface area is 119 Å². The number of rotatable bonds is 3. The van der Waals surface area contributed by atoms with Crippen molar-refractivity contribution in [3.8, 4) is 11.3 Å². The monoisotopic (exact) mass is 284 g/mol. The molecule has 3 aromatic rings. The van der Waals surface area contributed by atoms with Crippen LogP contribution in [0, 0.1) is 11.6 Å². The Morgan fingerprint density at radius 2 is 1.86 bits per heavy atom. The molecule has 104 valence electrons. The van der Waals surface area contributed by atoms with Gasteiger partial charge >= 0.3 is 0 Å². The Bertz CT molecular complexity index is 761. The molecule has 2 aromatic heterocycles. The first-order chi connectivity index (χ1) is 10.3. The highest BCUT2D eigenvalue weighted by Gasteiger charge is 2.15. The summed E-state index contributed by atoms with van der Waals surface area (Å²) in [4.78, 5) is 7.86. The van der Waals surface area contributed by atoms with Gasteiger partial charge in [-0.1, -0.05) is 6.07 Å². The molecule has 2 heterocycles. The fourth-order valence-electron chi connectivity index (χ4n) is 1.93. The summed E-state index contributed by atoms with van der Waals surface area (Å²) >= 11 is 0. The van der Waals surface area contributed by atoms with Crippen molar-refractivity contribution >= 4 is 12.2 Å².